The van der Waals surface area contributed by atoms with E-state index in [0.717, 1.165) is 29.9 Å². The first-order valence-corrected chi connectivity index (χ1v) is 10.5. The van der Waals surface area contributed by atoms with E-state index in [1.807, 2.05) is 13.8 Å². The van der Waals surface area contributed by atoms with Crippen LogP contribution in [0.3, 0.4) is 0 Å². The van der Waals surface area contributed by atoms with Crippen LogP contribution in [0.4, 0.5) is 0 Å². The summed E-state index contributed by atoms with van der Waals surface area (Å²) in [5.74, 6) is 1.57. The molecule has 1 saturated carbocycles. The van der Waals surface area contributed by atoms with Crippen LogP contribution in [-0.2, 0) is 16.1 Å². The normalized spacial score (nSPS) is 21.1. The lowest BCUT2D eigenvalue weighted by Crippen LogP contribution is -2.45. The summed E-state index contributed by atoms with van der Waals surface area (Å²) < 4.78 is 16.0. The first-order chi connectivity index (χ1) is 14.3. The van der Waals surface area contributed by atoms with Crippen molar-refractivity contribution in [1.29, 1.82) is 0 Å². The van der Waals surface area contributed by atoms with Crippen LogP contribution in [-0.4, -0.2) is 29.7 Å². The fraction of sp³-hybridized carbons (Fsp3) is 0.522. The second-order valence-electron chi connectivity index (χ2n) is 8.13. The highest BCUT2D eigenvalue weighted by Gasteiger charge is 2.28. The number of aromatic nitrogens is 1. The molecule has 1 fully saturated rings. The zero-order valence-corrected chi connectivity index (χ0v) is 18.1. The largest absolute Gasteiger partial charge is 0.489 e. The number of carbonyl (C=O) groups excluding carboxylic acids is 2. The van der Waals surface area contributed by atoms with Gasteiger partial charge in [-0.05, 0) is 56.4 Å². The lowest BCUT2D eigenvalue weighted by atomic mass is 9.78. The lowest BCUT2D eigenvalue weighted by Gasteiger charge is -2.34. The van der Waals surface area contributed by atoms with E-state index in [9.17, 15) is 9.59 Å². The maximum absolute atomic E-state index is 12.2. The molecule has 7 nitrogen and oxygen atoms in total. The van der Waals surface area contributed by atoms with E-state index >= 15 is 0 Å². The van der Waals surface area contributed by atoms with Gasteiger partial charge in [-0.1, -0.05) is 31.8 Å². The van der Waals surface area contributed by atoms with E-state index in [-0.39, 0.29) is 18.6 Å². The van der Waals surface area contributed by atoms with Crippen LogP contribution < -0.4 is 10.1 Å². The van der Waals surface area contributed by atoms with E-state index in [1.54, 1.807) is 24.3 Å². The van der Waals surface area contributed by atoms with Crippen molar-refractivity contribution in [2.24, 2.45) is 11.8 Å². The Kier molecular flexibility index (Phi) is 7.13. The number of hydrogen-bond acceptors (Lipinski definition) is 6. The minimum atomic E-state index is -0.535. The molecule has 0 radical (unpaired) electrons. The van der Waals surface area contributed by atoms with Crippen molar-refractivity contribution in [3.05, 3.63) is 46.8 Å². The van der Waals surface area contributed by atoms with Crippen molar-refractivity contribution in [3.63, 3.8) is 0 Å². The van der Waals surface area contributed by atoms with E-state index in [1.165, 1.54) is 6.42 Å². The van der Waals surface area contributed by atoms with Gasteiger partial charge >= 0.3 is 5.97 Å². The lowest BCUT2D eigenvalue weighted by molar-refractivity contribution is -0.125. The average Bonchev–Trinajstić information content (AvgIpc) is 3.06. The maximum atomic E-state index is 12.2. The van der Waals surface area contributed by atoms with Gasteiger partial charge in [-0.25, -0.2) is 4.79 Å². The highest BCUT2D eigenvalue weighted by Crippen LogP contribution is 2.29. The molecule has 0 unspecified atom stereocenters. The molecule has 1 N–H and O–H groups in total. The quantitative estimate of drug-likeness (QED) is 0.690. The molecule has 3 rings (SSSR count). The molecule has 162 valence electrons. The third-order valence-electron chi connectivity index (χ3n) is 6.04. The van der Waals surface area contributed by atoms with E-state index < -0.39 is 5.97 Å². The molecule has 0 aliphatic heterocycles. The Balaban J connectivity index is 1.45. The highest BCUT2D eigenvalue weighted by molar-refractivity contribution is 5.91. The van der Waals surface area contributed by atoms with Gasteiger partial charge in [0.25, 0.3) is 5.91 Å². The van der Waals surface area contributed by atoms with Crippen molar-refractivity contribution in [3.8, 4) is 5.75 Å². The molecule has 0 saturated heterocycles. The molecule has 1 heterocycles. The fourth-order valence-electron chi connectivity index (χ4n) is 3.80. The van der Waals surface area contributed by atoms with Gasteiger partial charge in [-0.15, -0.1) is 0 Å². The molecule has 1 amide bonds. The van der Waals surface area contributed by atoms with E-state index in [2.05, 4.69) is 24.3 Å². The van der Waals surface area contributed by atoms with Gasteiger partial charge in [0.1, 0.15) is 18.1 Å². The maximum Gasteiger partial charge on any atom is 0.338 e. The van der Waals surface area contributed by atoms with Gasteiger partial charge < -0.3 is 19.3 Å². The zero-order chi connectivity index (χ0) is 21.7. The number of nitrogens with one attached hydrogen (secondary N) is 1. The van der Waals surface area contributed by atoms with Gasteiger partial charge in [0, 0.05) is 6.04 Å². The monoisotopic (exact) mass is 414 g/mol. The van der Waals surface area contributed by atoms with Crippen molar-refractivity contribution < 1.29 is 23.6 Å². The molecule has 0 bridgehead atoms. The van der Waals surface area contributed by atoms with Crippen LogP contribution in [0, 0.1) is 25.7 Å². The molecule has 3 atom stereocenters. The number of carbonyl (C=O) groups is 2. The topological polar surface area (TPSA) is 90.7 Å². The first-order valence-electron chi connectivity index (χ1n) is 10.5. The van der Waals surface area contributed by atoms with Crippen LogP contribution in [0.1, 0.15) is 60.5 Å². The minimum absolute atomic E-state index is 0.147. The van der Waals surface area contributed by atoms with Gasteiger partial charge in [0.2, 0.25) is 0 Å². The molecule has 0 spiro atoms. The standard InChI is InChI=1S/C23H30N2O5/c1-14-6-5-7-21(15(14)2)24-22(26)13-29-23(27)18-8-10-19(11-9-18)28-12-20-16(3)25-30-17(20)4/h8-11,14-15,21H,5-7,12-13H2,1-4H3,(H,24,26)/t14-,15-,21+/m0/s1. The van der Waals surface area contributed by atoms with Crippen molar-refractivity contribution in [1.82, 2.24) is 10.5 Å². The smallest absolute Gasteiger partial charge is 0.338 e. The average molecular weight is 415 g/mol. The predicted molar refractivity (Wildman–Crippen MR) is 111 cm³/mol. The summed E-state index contributed by atoms with van der Waals surface area (Å²) >= 11 is 0. The van der Waals surface area contributed by atoms with Crippen molar-refractivity contribution in [2.75, 3.05) is 6.61 Å². The molecular weight excluding hydrogens is 384 g/mol. The Morgan fingerprint density at radius 2 is 1.90 bits per heavy atom. The zero-order valence-electron chi connectivity index (χ0n) is 18.1. The number of nitrogens with zero attached hydrogens (tertiary/aromatic N) is 1. The summed E-state index contributed by atoms with van der Waals surface area (Å²) in [6, 6.07) is 6.77. The minimum Gasteiger partial charge on any atom is -0.489 e. The summed E-state index contributed by atoms with van der Waals surface area (Å²) in [6.45, 7) is 8.13. The van der Waals surface area contributed by atoms with Gasteiger partial charge in [-0.3, -0.25) is 4.79 Å². The first kappa shape index (κ1) is 21.9. The van der Waals surface area contributed by atoms with Crippen LogP contribution in [0.5, 0.6) is 5.75 Å². The second-order valence-corrected chi connectivity index (χ2v) is 8.13. The summed E-state index contributed by atoms with van der Waals surface area (Å²) in [6.07, 6.45) is 3.28. The fourth-order valence-corrected chi connectivity index (χ4v) is 3.80. The number of ether oxygens (including phenoxy) is 2. The van der Waals surface area contributed by atoms with Gasteiger partial charge in [0.05, 0.1) is 16.8 Å². The number of hydrogen-bond donors (Lipinski definition) is 1. The van der Waals surface area contributed by atoms with Crippen LogP contribution in [0.2, 0.25) is 0 Å². The Labute approximate surface area is 177 Å². The molecule has 30 heavy (non-hydrogen) atoms. The highest BCUT2D eigenvalue weighted by atomic mass is 16.5. The van der Waals surface area contributed by atoms with E-state index in [4.69, 9.17) is 14.0 Å². The van der Waals surface area contributed by atoms with Crippen LogP contribution >= 0.6 is 0 Å². The van der Waals surface area contributed by atoms with Gasteiger partial charge in [0.15, 0.2) is 6.61 Å². The summed E-state index contributed by atoms with van der Waals surface area (Å²) in [5, 5.41) is 6.90. The number of esters is 1. The van der Waals surface area contributed by atoms with Crippen molar-refractivity contribution >= 4 is 11.9 Å². The summed E-state index contributed by atoms with van der Waals surface area (Å²) in [7, 11) is 0. The SMILES string of the molecule is Cc1noc(C)c1COc1ccc(C(=O)OCC(=O)N[C@@H]2CCC[C@H](C)[C@@H]2C)cc1. The summed E-state index contributed by atoms with van der Waals surface area (Å²) in [5.41, 5.74) is 2.07. The third-order valence-corrected chi connectivity index (χ3v) is 6.04. The molecule has 7 heteroatoms. The molecule has 1 aliphatic carbocycles. The number of aryl methyl sites for hydroxylation is 2. The summed E-state index contributed by atoms with van der Waals surface area (Å²) in [4.78, 5) is 24.4. The Morgan fingerprint density at radius 1 is 1.17 bits per heavy atom. The molecular formula is C23H30N2O5. The van der Waals surface area contributed by atoms with E-state index in [0.29, 0.717) is 29.8 Å². The van der Waals surface area contributed by atoms with Gasteiger partial charge in [-0.2, -0.15) is 0 Å². The van der Waals surface area contributed by atoms with Crippen LogP contribution in [0.25, 0.3) is 0 Å². The predicted octanol–water partition coefficient (Wildman–Crippen LogP) is 3.97. The molecule has 1 aliphatic rings. The molecule has 1 aromatic carbocycles. The third kappa shape index (κ3) is 5.40. The number of amides is 1. The second kappa shape index (κ2) is 9.78. The Hall–Kier alpha value is -2.83. The molecule has 1 aromatic heterocycles. The van der Waals surface area contributed by atoms with Crippen molar-refractivity contribution in [2.45, 2.75) is 59.6 Å². The Bertz CT molecular complexity index is 855. The number of benzene rings is 1. The van der Waals surface area contributed by atoms with Crippen LogP contribution in [0.15, 0.2) is 28.8 Å². The molecule has 2 aromatic rings. The Morgan fingerprint density at radius 3 is 2.57 bits per heavy atom. The number of rotatable bonds is 7.